The van der Waals surface area contributed by atoms with E-state index in [1.807, 2.05) is 6.08 Å². The van der Waals surface area contributed by atoms with Crippen molar-refractivity contribution in [3.63, 3.8) is 0 Å². The monoisotopic (exact) mass is 2130 g/mol. The Morgan fingerprint density at radius 1 is 0.279 bits per heavy atom. The predicted molar refractivity (Wildman–Crippen MR) is 502 cm³/mol. The van der Waals surface area contributed by atoms with Gasteiger partial charge in [-0.2, -0.15) is 0 Å². The molecule has 0 aliphatic carbocycles. The fraction of sp³-hybridized carbons (Fsp3) is 0.938. The Hall–Kier alpha value is -4.10. The number of allylic oxidation sites excluding steroid dienone is 1. The number of aliphatic hydroxyl groups is 25. The molecule has 0 spiro atoms. The highest BCUT2D eigenvalue weighted by molar-refractivity contribution is 5.76. The minimum absolute atomic E-state index is 0.144. The van der Waals surface area contributed by atoms with Crippen LogP contribution in [0, 0.1) is 0 Å². The topological polar surface area (TPSA) is 788 Å². The molecule has 856 valence electrons. The van der Waals surface area contributed by atoms with Crippen molar-refractivity contribution in [2.24, 2.45) is 0 Å². The normalized spacial score (nSPS) is 40.6. The third-order valence-corrected chi connectivity index (χ3v) is 28.4. The molecule has 0 bridgehead atoms. The van der Waals surface area contributed by atoms with E-state index in [0.29, 0.717) is 12.8 Å². The largest absolute Gasteiger partial charge is 0.394 e. The van der Waals surface area contributed by atoms with Crippen molar-refractivity contribution in [2.75, 3.05) is 59.5 Å². The lowest BCUT2D eigenvalue weighted by Gasteiger charge is -2.52. The Morgan fingerprint density at radius 3 is 0.993 bits per heavy atom. The molecule has 9 fully saturated rings. The molecule has 18 unspecified atom stereocenters. The summed E-state index contributed by atoms with van der Waals surface area (Å²) in [6.07, 6.45) is -53.8. The van der Waals surface area contributed by atoms with Gasteiger partial charge in [0.15, 0.2) is 56.6 Å². The van der Waals surface area contributed by atoms with E-state index in [1.54, 1.807) is 6.08 Å². The number of carbonyl (C=O) groups is 4. The summed E-state index contributed by atoms with van der Waals surface area (Å²) in [5.74, 6) is -3.24. The van der Waals surface area contributed by atoms with Crippen molar-refractivity contribution >= 4 is 23.6 Å². The first-order valence-electron chi connectivity index (χ1n) is 52.4. The fourth-order valence-electron chi connectivity index (χ4n) is 19.9. The van der Waals surface area contributed by atoms with Crippen molar-refractivity contribution < 1.29 is 232 Å². The van der Waals surface area contributed by atoms with Crippen LogP contribution >= 0.6 is 0 Å². The van der Waals surface area contributed by atoms with Crippen molar-refractivity contribution in [3.8, 4) is 0 Å². The molecular formula is C96H170N4O47. The van der Waals surface area contributed by atoms with Gasteiger partial charge in [0.1, 0.15) is 213 Å². The van der Waals surface area contributed by atoms with Crippen LogP contribution in [0.25, 0.3) is 0 Å². The van der Waals surface area contributed by atoms with Crippen LogP contribution in [0.4, 0.5) is 0 Å². The Balaban J connectivity index is 0.877. The SMILES string of the molecule is CCCCCCCCCCCCC/C=C/[C@@H](O)[C@H](CO[C@@H]1OC(CO)[C@@H](O[C@@H]2OC(CO)[C@H](O)[C@H](O[C@@H]3OC(CO)[C@@H](O[C@@H]4OC(CO)[C@H](O)[C@H](O[C@@H]5OC(CO)[C@@H](O[C@@H]6OC(CO)[C@H](O)[C@H](O[C@H]7OC(CO)[C@H](O)[C@H](O[C@@H]8OC(CO)[C@H](O)[C@H](O)C8O)C7NC(C)=O)C6O[C@H]6OC(C)[C@@H](O)C(O)[C@@H]6O)[C@H](O)C5NC(C)=O)C4O)[C@H](O)C3NC(C)=O)C2O)[C@H](O)C1O)NC(=O)CCCCCCCCCCCCCCCCC. The first-order chi connectivity index (χ1) is 70.4. The lowest BCUT2D eigenvalue weighted by molar-refractivity contribution is -0.404. The molecule has 9 aliphatic heterocycles. The number of ether oxygens (including phenoxy) is 18. The van der Waals surface area contributed by atoms with E-state index in [-0.39, 0.29) is 12.3 Å². The van der Waals surface area contributed by atoms with Crippen LogP contribution < -0.4 is 21.3 Å². The zero-order chi connectivity index (χ0) is 108. The molecule has 9 heterocycles. The van der Waals surface area contributed by atoms with Gasteiger partial charge in [0.25, 0.3) is 0 Å². The summed E-state index contributed by atoms with van der Waals surface area (Å²) in [5.41, 5.74) is 0. The van der Waals surface area contributed by atoms with E-state index in [2.05, 4.69) is 35.1 Å². The molecule has 9 aliphatic rings. The molecule has 4 amide bonds. The molecule has 29 N–H and O–H groups in total. The lowest BCUT2D eigenvalue weighted by atomic mass is 9.93. The number of amides is 4. The molecule has 0 aromatic carbocycles. The minimum Gasteiger partial charge on any atom is -0.394 e. The average Bonchev–Trinajstić information content (AvgIpc) is 0.763. The van der Waals surface area contributed by atoms with E-state index in [4.69, 9.17) is 85.3 Å². The maximum absolute atomic E-state index is 13.6. The first-order valence-corrected chi connectivity index (χ1v) is 52.4. The van der Waals surface area contributed by atoms with Crippen LogP contribution in [-0.4, -0.2) is 499 Å². The molecule has 0 aromatic heterocycles. The highest BCUT2D eigenvalue weighted by Gasteiger charge is 2.62. The molecule has 147 heavy (non-hydrogen) atoms. The molecule has 9 saturated heterocycles. The summed E-state index contributed by atoms with van der Waals surface area (Å²) in [7, 11) is 0. The molecule has 9 rings (SSSR count). The fourth-order valence-corrected chi connectivity index (χ4v) is 19.9. The van der Waals surface area contributed by atoms with E-state index >= 15 is 0 Å². The van der Waals surface area contributed by atoms with Gasteiger partial charge >= 0.3 is 0 Å². The van der Waals surface area contributed by atoms with E-state index in [9.17, 15) is 147 Å². The van der Waals surface area contributed by atoms with Crippen LogP contribution in [0.2, 0.25) is 0 Å². The number of carbonyl (C=O) groups excluding carboxylic acids is 4. The van der Waals surface area contributed by atoms with Crippen LogP contribution in [0.3, 0.4) is 0 Å². The van der Waals surface area contributed by atoms with Crippen LogP contribution in [0.1, 0.15) is 221 Å². The van der Waals surface area contributed by atoms with Crippen LogP contribution in [0.15, 0.2) is 12.2 Å². The molecule has 47 atom stereocenters. The molecule has 0 saturated carbocycles. The Bertz CT molecular complexity index is 3720. The number of aliphatic hydroxyl groups excluding tert-OH is 25. The second-order valence-corrected chi connectivity index (χ2v) is 39.8. The van der Waals surface area contributed by atoms with Gasteiger partial charge in [-0.3, -0.25) is 19.2 Å². The highest BCUT2D eigenvalue weighted by atomic mass is 16.8. The molecule has 51 nitrogen and oxygen atoms in total. The van der Waals surface area contributed by atoms with E-state index in [1.165, 1.54) is 110 Å². The summed E-state index contributed by atoms with van der Waals surface area (Å²) in [4.78, 5) is 53.3. The van der Waals surface area contributed by atoms with Gasteiger partial charge in [-0.25, -0.2) is 0 Å². The summed E-state index contributed by atoms with van der Waals surface area (Å²) < 4.78 is 109. The van der Waals surface area contributed by atoms with Gasteiger partial charge in [0.05, 0.1) is 77.7 Å². The molecular weight excluding hydrogens is 1960 g/mol. The van der Waals surface area contributed by atoms with E-state index < -0.39 is 365 Å². The zero-order valence-corrected chi connectivity index (χ0v) is 84.6. The summed E-state index contributed by atoms with van der Waals surface area (Å²) in [6, 6.07) is -7.00. The van der Waals surface area contributed by atoms with Gasteiger partial charge < -0.3 is 234 Å². The van der Waals surface area contributed by atoms with Crippen LogP contribution in [-0.2, 0) is 104 Å². The zero-order valence-electron chi connectivity index (χ0n) is 84.6. The summed E-state index contributed by atoms with van der Waals surface area (Å²) in [5, 5.41) is 295. The molecule has 0 aromatic rings. The Morgan fingerprint density at radius 2 is 0.571 bits per heavy atom. The number of hydrogen-bond acceptors (Lipinski definition) is 47. The molecule has 51 heteroatoms. The number of nitrogens with one attached hydrogen (secondary N) is 4. The lowest BCUT2D eigenvalue weighted by Crippen LogP contribution is -2.71. The number of rotatable bonds is 61. The predicted octanol–water partition coefficient (Wildman–Crippen LogP) is -7.78. The maximum atomic E-state index is 13.6. The second kappa shape index (κ2) is 63.9. The maximum Gasteiger partial charge on any atom is 0.220 e. The van der Waals surface area contributed by atoms with Gasteiger partial charge in [-0.1, -0.05) is 180 Å². The second-order valence-electron chi connectivity index (χ2n) is 39.8. The van der Waals surface area contributed by atoms with Gasteiger partial charge in [-0.05, 0) is 26.2 Å². The Kier molecular flexibility index (Phi) is 55.0. The van der Waals surface area contributed by atoms with Crippen molar-refractivity contribution in [3.05, 3.63) is 12.2 Å². The van der Waals surface area contributed by atoms with E-state index in [0.717, 1.165) is 78.6 Å². The minimum atomic E-state index is -2.42. The Labute approximate surface area is 854 Å². The highest BCUT2D eigenvalue weighted by Crippen LogP contribution is 2.42. The van der Waals surface area contributed by atoms with Gasteiger partial charge in [0.2, 0.25) is 23.6 Å². The van der Waals surface area contributed by atoms with Crippen LogP contribution in [0.5, 0.6) is 0 Å². The van der Waals surface area contributed by atoms with Crippen molar-refractivity contribution in [1.82, 2.24) is 21.3 Å². The third-order valence-electron chi connectivity index (χ3n) is 28.4. The van der Waals surface area contributed by atoms with Crippen molar-refractivity contribution in [1.29, 1.82) is 0 Å². The smallest absolute Gasteiger partial charge is 0.220 e. The first kappa shape index (κ1) is 126. The summed E-state index contributed by atoms with van der Waals surface area (Å²) in [6.45, 7) is -0.876. The quantitative estimate of drug-likeness (QED) is 0.0199. The van der Waals surface area contributed by atoms with Gasteiger partial charge in [0, 0.05) is 27.2 Å². The van der Waals surface area contributed by atoms with Gasteiger partial charge in [-0.15, -0.1) is 0 Å². The number of unbranched alkanes of at least 4 members (excludes halogenated alkanes) is 25. The number of hydrogen-bond donors (Lipinski definition) is 29. The average molecular weight is 2130 g/mol. The summed E-state index contributed by atoms with van der Waals surface area (Å²) >= 11 is 0. The van der Waals surface area contributed by atoms with Crippen molar-refractivity contribution in [2.45, 2.75) is 510 Å². The molecule has 0 radical (unpaired) electrons. The standard InChI is InChI=1S/C96H170N4O47/c1-7-9-11-13-15-17-19-21-22-24-26-28-30-32-34-36-60(113)100-50(51(112)35-33-31-29-27-25-23-20-18-16-14-12-10-8-2)45-130-91-77(127)74(124)82(59(44-108)139-91)141-95-79(129)85(68(118)55(40-104)135-95)145-88-61(97-47(4)109)70(120)80(57(42-106)137-88)140-94-78(128)84(67(117)54(39-103)134-94)144-89-62(98-48(5)110)71(121)81(58(43-107)138-89)142-96-87(147-92-75(125)72(122)64(114)46(3)131-92)86(69(119)56(41-105)136-96)146-90-63(99-49(6)111)83(66(116)53(38-102)132-90)143-93-76(126)73(123)65(115)52(37-101)133-93/h33,35,46,50-59,61-96,101-108,112,114-129H,7-32,34,36-45H2,1-6H3,(H,97,109)(H,98,110)(H,99,111)(H,100,113)/b35-33+/t46?,50-,51+,52?,53?,54?,55?,56?,57?,58?,59?,61?,62?,63?,64+,65-,66-,67-,68-,69-,70+,71+,72?,73-,74+,75-,76?,77?,78?,79?,80+,81+,82+,83+,84-,85-,86-,87?,88-,89-,90+,91+,92+,93-,94-,95-,96-/m0/s1. The third kappa shape index (κ3) is 35.2.